The summed E-state index contributed by atoms with van der Waals surface area (Å²) in [7, 11) is 1.76. The van der Waals surface area contributed by atoms with Crippen LogP contribution in [0.3, 0.4) is 0 Å². The van der Waals surface area contributed by atoms with Gasteiger partial charge in [-0.1, -0.05) is 31.1 Å². The Bertz CT molecular complexity index is 568. The molecule has 21 heavy (non-hydrogen) atoms. The Kier molecular flexibility index (Phi) is 5.35. The largest absolute Gasteiger partial charge is 0.339 e. The quantitative estimate of drug-likeness (QED) is 0.850. The van der Waals surface area contributed by atoms with Gasteiger partial charge in [0.1, 0.15) is 5.82 Å². The van der Waals surface area contributed by atoms with Gasteiger partial charge in [0.25, 0.3) is 5.91 Å². The maximum absolute atomic E-state index is 14.1. The third-order valence-electron chi connectivity index (χ3n) is 3.98. The van der Waals surface area contributed by atoms with E-state index in [2.05, 4.69) is 11.8 Å². The second-order valence-electron chi connectivity index (χ2n) is 5.41. The molecule has 0 saturated heterocycles. The van der Waals surface area contributed by atoms with Gasteiger partial charge in [0, 0.05) is 18.7 Å². The highest BCUT2D eigenvalue weighted by atomic mass is 19.1. The molecule has 1 saturated carbocycles. The lowest BCUT2D eigenvalue weighted by molar-refractivity contribution is 0.0691. The van der Waals surface area contributed by atoms with Crippen LogP contribution in [-0.2, 0) is 0 Å². The smallest absolute Gasteiger partial charge is 0.256 e. The van der Waals surface area contributed by atoms with Crippen molar-refractivity contribution in [2.75, 3.05) is 13.6 Å². The molecule has 0 radical (unpaired) electrons. The van der Waals surface area contributed by atoms with E-state index in [0.29, 0.717) is 5.56 Å². The van der Waals surface area contributed by atoms with Crippen molar-refractivity contribution in [2.45, 2.75) is 38.1 Å². The van der Waals surface area contributed by atoms with E-state index in [0.717, 1.165) is 25.7 Å². The van der Waals surface area contributed by atoms with Crippen LogP contribution in [0.4, 0.5) is 4.39 Å². The van der Waals surface area contributed by atoms with Crippen molar-refractivity contribution in [3.05, 3.63) is 35.1 Å². The van der Waals surface area contributed by atoms with Crippen molar-refractivity contribution in [1.82, 2.24) is 4.90 Å². The first kappa shape index (κ1) is 15.5. The van der Waals surface area contributed by atoms with Gasteiger partial charge in [-0.25, -0.2) is 4.39 Å². The van der Waals surface area contributed by atoms with Crippen LogP contribution in [0.25, 0.3) is 0 Å². The molecule has 3 nitrogen and oxygen atoms in total. The monoisotopic (exact) mass is 288 g/mol. The van der Waals surface area contributed by atoms with E-state index < -0.39 is 5.82 Å². The Morgan fingerprint density at radius 2 is 2.10 bits per heavy atom. The van der Waals surface area contributed by atoms with Crippen molar-refractivity contribution >= 4 is 5.91 Å². The molecule has 0 spiro atoms. The van der Waals surface area contributed by atoms with E-state index in [9.17, 15) is 9.18 Å². The summed E-state index contributed by atoms with van der Waals surface area (Å²) in [5.74, 6) is 4.66. The number of carbonyl (C=O) groups excluding carboxylic acids is 1. The van der Waals surface area contributed by atoms with Gasteiger partial charge in [-0.05, 0) is 31.0 Å². The second-order valence-corrected chi connectivity index (χ2v) is 5.41. The summed E-state index contributed by atoms with van der Waals surface area (Å²) >= 11 is 0. The Balaban J connectivity index is 2.14. The highest BCUT2D eigenvalue weighted by molar-refractivity contribution is 5.94. The van der Waals surface area contributed by atoms with E-state index in [1.165, 1.54) is 18.6 Å². The number of hydrogen-bond acceptors (Lipinski definition) is 2. The molecule has 0 aliphatic heterocycles. The Hall–Kier alpha value is -1.86. The molecule has 112 valence electrons. The Morgan fingerprint density at radius 3 is 2.71 bits per heavy atom. The third-order valence-corrected chi connectivity index (χ3v) is 3.98. The van der Waals surface area contributed by atoms with Crippen LogP contribution in [0, 0.1) is 17.7 Å². The first-order chi connectivity index (χ1) is 10.1. The second kappa shape index (κ2) is 7.24. The number of benzene rings is 1. The SMILES string of the molecule is CN(C(=O)c1ccc(C#CCN)cc1F)C1CCCCC1. The minimum atomic E-state index is -0.522. The summed E-state index contributed by atoms with van der Waals surface area (Å²) in [6.45, 7) is 0.229. The average Bonchev–Trinajstić information content (AvgIpc) is 2.52. The van der Waals surface area contributed by atoms with Crippen molar-refractivity contribution in [2.24, 2.45) is 5.73 Å². The van der Waals surface area contributed by atoms with Gasteiger partial charge < -0.3 is 10.6 Å². The van der Waals surface area contributed by atoms with E-state index in [4.69, 9.17) is 5.73 Å². The van der Waals surface area contributed by atoms with E-state index in [1.807, 2.05) is 0 Å². The van der Waals surface area contributed by atoms with Crippen LogP contribution in [0.5, 0.6) is 0 Å². The minimum absolute atomic E-state index is 0.112. The summed E-state index contributed by atoms with van der Waals surface area (Å²) < 4.78 is 14.1. The molecule has 0 unspecified atom stereocenters. The zero-order chi connectivity index (χ0) is 15.2. The highest BCUT2D eigenvalue weighted by Gasteiger charge is 2.24. The predicted octanol–water partition coefficient (Wildman–Crippen LogP) is 2.54. The van der Waals surface area contributed by atoms with Crippen LogP contribution in [0.1, 0.15) is 48.0 Å². The van der Waals surface area contributed by atoms with Crippen LogP contribution in [0.15, 0.2) is 18.2 Å². The molecule has 2 N–H and O–H groups in total. The number of hydrogen-bond donors (Lipinski definition) is 1. The fourth-order valence-electron chi connectivity index (χ4n) is 2.74. The number of amides is 1. The minimum Gasteiger partial charge on any atom is -0.339 e. The van der Waals surface area contributed by atoms with Gasteiger partial charge >= 0.3 is 0 Å². The molecule has 1 fully saturated rings. The topological polar surface area (TPSA) is 46.3 Å². The zero-order valence-electron chi connectivity index (χ0n) is 12.4. The average molecular weight is 288 g/mol. The molecule has 0 atom stereocenters. The van der Waals surface area contributed by atoms with Gasteiger partial charge in [0.15, 0.2) is 0 Å². The number of nitrogens with zero attached hydrogens (tertiary/aromatic N) is 1. The van der Waals surface area contributed by atoms with E-state index in [1.54, 1.807) is 18.0 Å². The molecular weight excluding hydrogens is 267 g/mol. The first-order valence-corrected chi connectivity index (χ1v) is 7.39. The van der Waals surface area contributed by atoms with Crippen molar-refractivity contribution in [3.8, 4) is 11.8 Å². The van der Waals surface area contributed by atoms with Gasteiger partial charge in [-0.15, -0.1) is 0 Å². The normalized spacial score (nSPS) is 15.2. The molecule has 4 heteroatoms. The maximum atomic E-state index is 14.1. The van der Waals surface area contributed by atoms with Crippen LogP contribution < -0.4 is 5.73 Å². The van der Waals surface area contributed by atoms with E-state index >= 15 is 0 Å². The predicted molar refractivity (Wildman–Crippen MR) is 81.3 cm³/mol. The molecule has 0 heterocycles. The summed E-state index contributed by atoms with van der Waals surface area (Å²) in [5, 5.41) is 0. The first-order valence-electron chi connectivity index (χ1n) is 7.39. The highest BCUT2D eigenvalue weighted by Crippen LogP contribution is 2.23. The molecule has 1 aromatic carbocycles. The van der Waals surface area contributed by atoms with E-state index in [-0.39, 0.29) is 24.1 Å². The van der Waals surface area contributed by atoms with Crippen molar-refractivity contribution in [3.63, 3.8) is 0 Å². The van der Waals surface area contributed by atoms with Gasteiger partial charge in [0.2, 0.25) is 0 Å². The number of nitrogens with two attached hydrogens (primary N) is 1. The Labute approximate surface area is 125 Å². The summed E-state index contributed by atoms with van der Waals surface area (Å²) in [6.07, 6.45) is 5.51. The third kappa shape index (κ3) is 3.83. The molecule has 0 bridgehead atoms. The summed E-state index contributed by atoms with van der Waals surface area (Å²) in [6, 6.07) is 4.69. The molecule has 1 aliphatic carbocycles. The molecule has 1 aromatic rings. The van der Waals surface area contributed by atoms with Gasteiger partial charge in [-0.2, -0.15) is 0 Å². The summed E-state index contributed by atoms with van der Waals surface area (Å²) in [4.78, 5) is 14.1. The standard InChI is InChI=1S/C17H21FN2O/c1-20(14-7-3-2-4-8-14)17(21)15-10-9-13(6-5-11-19)12-16(15)18/h9-10,12,14H,2-4,7-8,11,19H2,1H3. The lowest BCUT2D eigenvalue weighted by Crippen LogP contribution is -2.38. The van der Waals surface area contributed by atoms with Gasteiger partial charge in [0.05, 0.1) is 12.1 Å². The molecule has 1 aliphatic rings. The lowest BCUT2D eigenvalue weighted by Gasteiger charge is -2.31. The molecule has 2 rings (SSSR count). The van der Waals surface area contributed by atoms with Gasteiger partial charge in [-0.3, -0.25) is 4.79 Å². The summed E-state index contributed by atoms with van der Waals surface area (Å²) in [5.41, 5.74) is 5.94. The van der Waals surface area contributed by atoms with Crippen molar-refractivity contribution < 1.29 is 9.18 Å². The maximum Gasteiger partial charge on any atom is 0.256 e. The van der Waals surface area contributed by atoms with Crippen LogP contribution >= 0.6 is 0 Å². The Morgan fingerprint density at radius 1 is 1.38 bits per heavy atom. The molecular formula is C17H21FN2O. The lowest BCUT2D eigenvalue weighted by atomic mass is 9.94. The molecule has 1 amide bonds. The van der Waals surface area contributed by atoms with Crippen molar-refractivity contribution in [1.29, 1.82) is 0 Å². The fourth-order valence-corrected chi connectivity index (χ4v) is 2.74. The fraction of sp³-hybridized carbons (Fsp3) is 0.471. The number of rotatable bonds is 2. The molecule has 0 aromatic heterocycles. The van der Waals surface area contributed by atoms with Crippen LogP contribution in [0.2, 0.25) is 0 Å². The van der Waals surface area contributed by atoms with Crippen LogP contribution in [-0.4, -0.2) is 30.4 Å². The number of carbonyl (C=O) groups is 1. The number of halogens is 1. The zero-order valence-corrected chi connectivity index (χ0v) is 12.4.